The van der Waals surface area contributed by atoms with E-state index < -0.39 is 5.41 Å². The molecule has 1 saturated heterocycles. The topological polar surface area (TPSA) is 70.4 Å². The molecule has 5 heteroatoms. The number of morpholine rings is 1. The summed E-state index contributed by atoms with van der Waals surface area (Å²) in [5.41, 5.74) is 1.25. The number of ketones is 2. The van der Waals surface area contributed by atoms with Crippen LogP contribution in [0.1, 0.15) is 86.5 Å². The zero-order valence-electron chi connectivity index (χ0n) is 25.1. The van der Waals surface area contributed by atoms with Crippen LogP contribution in [-0.2, 0) is 14.3 Å². The number of ether oxygens (including phenoxy) is 1. The number of nitrogens with zero attached hydrogens (tertiary/aromatic N) is 2. The van der Waals surface area contributed by atoms with E-state index in [1.54, 1.807) is 0 Å². The molecule has 0 spiro atoms. The van der Waals surface area contributed by atoms with Crippen molar-refractivity contribution >= 4 is 11.6 Å². The Morgan fingerprint density at radius 2 is 1.69 bits per heavy atom. The van der Waals surface area contributed by atoms with Gasteiger partial charge in [-0.2, -0.15) is 5.26 Å². The molecule has 0 aromatic heterocycles. The van der Waals surface area contributed by atoms with Gasteiger partial charge in [-0.15, -0.1) is 0 Å². The summed E-state index contributed by atoms with van der Waals surface area (Å²) < 4.78 is 5.68. The van der Waals surface area contributed by atoms with Gasteiger partial charge >= 0.3 is 0 Å². The second-order valence-electron chi connectivity index (χ2n) is 15.7. The molecular weight excluding hydrogens is 484 g/mol. The molecule has 0 radical (unpaired) electrons. The van der Waals surface area contributed by atoms with Gasteiger partial charge in [0.1, 0.15) is 6.07 Å². The highest BCUT2D eigenvalue weighted by Crippen LogP contribution is 2.73. The Bertz CT molecular complexity index is 1190. The molecule has 1 heterocycles. The van der Waals surface area contributed by atoms with E-state index in [0.29, 0.717) is 11.7 Å². The maximum absolute atomic E-state index is 14.6. The second-order valence-corrected chi connectivity index (χ2v) is 15.7. The van der Waals surface area contributed by atoms with E-state index >= 15 is 0 Å². The molecule has 212 valence electrons. The van der Waals surface area contributed by atoms with Crippen molar-refractivity contribution in [2.24, 2.45) is 50.7 Å². The van der Waals surface area contributed by atoms with Crippen LogP contribution in [0.3, 0.4) is 0 Å². The molecule has 5 aliphatic carbocycles. The van der Waals surface area contributed by atoms with E-state index in [-0.39, 0.29) is 50.8 Å². The lowest BCUT2D eigenvalue weighted by Crippen LogP contribution is -2.65. The largest absolute Gasteiger partial charge is 0.379 e. The third-order valence-corrected chi connectivity index (χ3v) is 13.3. The van der Waals surface area contributed by atoms with Crippen LogP contribution in [0.5, 0.6) is 0 Å². The van der Waals surface area contributed by atoms with Crippen LogP contribution >= 0.6 is 0 Å². The lowest BCUT2D eigenvalue weighted by molar-refractivity contribution is -0.174. The number of hydrogen-bond donors (Lipinski definition) is 0. The molecule has 6 rings (SSSR count). The molecular formula is C34H48N2O3. The summed E-state index contributed by atoms with van der Waals surface area (Å²) in [6.45, 7) is 18.6. The third-order valence-electron chi connectivity index (χ3n) is 13.3. The zero-order valence-corrected chi connectivity index (χ0v) is 25.1. The fraction of sp³-hybridized carbons (Fsp3) is 0.794. The number of hydrogen-bond acceptors (Lipinski definition) is 5. The minimum atomic E-state index is -0.427. The molecule has 5 nitrogen and oxygen atoms in total. The first-order valence-electron chi connectivity index (χ1n) is 15.5. The van der Waals surface area contributed by atoms with Gasteiger partial charge < -0.3 is 4.74 Å². The quantitative estimate of drug-likeness (QED) is 0.427. The van der Waals surface area contributed by atoms with Crippen molar-refractivity contribution < 1.29 is 14.3 Å². The van der Waals surface area contributed by atoms with Gasteiger partial charge in [-0.3, -0.25) is 14.5 Å². The van der Waals surface area contributed by atoms with Crippen LogP contribution in [0.25, 0.3) is 0 Å². The van der Waals surface area contributed by atoms with Crippen molar-refractivity contribution in [3.05, 3.63) is 23.3 Å². The summed E-state index contributed by atoms with van der Waals surface area (Å²) in [6.07, 6.45) is 11.8. The molecule has 1 aliphatic heterocycles. The Balaban J connectivity index is 1.45. The first-order valence-corrected chi connectivity index (χ1v) is 15.5. The van der Waals surface area contributed by atoms with Gasteiger partial charge in [0, 0.05) is 36.9 Å². The standard InChI is InChI=1S/C34H48N2O3/c1-22-24-7-8-32(5)27(31(24,4)18-23(20-35)29(22)38)17-26(37)28-25-19-30(2,3)9-11-34(25,12-10-33(28,32)6)21-36-13-15-39-16-14-36/h17-18,22,24-25,28H,7-16,19,21H2,1-6H3/t22-,24-,25?,28?,31-,32+,33+,34+/m0/s1. The number of Topliss-reactive ketones (excluding diaryl/α,β-unsaturated/α-hetero) is 1. The van der Waals surface area contributed by atoms with Crippen molar-refractivity contribution in [2.45, 2.75) is 86.5 Å². The fourth-order valence-corrected chi connectivity index (χ4v) is 10.8. The lowest BCUT2D eigenvalue weighted by Gasteiger charge is -2.69. The van der Waals surface area contributed by atoms with E-state index in [1.165, 1.54) is 24.8 Å². The minimum Gasteiger partial charge on any atom is -0.379 e. The molecule has 0 aromatic rings. The zero-order chi connectivity index (χ0) is 28.0. The predicted octanol–water partition coefficient (Wildman–Crippen LogP) is 6.15. The van der Waals surface area contributed by atoms with E-state index in [0.717, 1.165) is 58.5 Å². The van der Waals surface area contributed by atoms with Crippen molar-refractivity contribution in [2.75, 3.05) is 32.8 Å². The number of rotatable bonds is 2. The molecule has 2 unspecified atom stereocenters. The van der Waals surface area contributed by atoms with Gasteiger partial charge in [0.2, 0.25) is 0 Å². The SMILES string of the molecule is C[C@@H]1C(=O)C(C#N)=C[C@]2(C)C3=CC(=O)C4C5CC(C)(C)CC[C@]5(CN5CCOCC5)CC[C@@]4(C)[C@]3(C)CC[C@@H]12. The molecule has 0 amide bonds. The molecule has 6 aliphatic rings. The summed E-state index contributed by atoms with van der Waals surface area (Å²) in [5.74, 6) is 0.664. The van der Waals surface area contributed by atoms with E-state index in [2.05, 4.69) is 45.6 Å². The van der Waals surface area contributed by atoms with E-state index in [1.807, 2.05) is 19.1 Å². The molecule has 3 saturated carbocycles. The highest BCUT2D eigenvalue weighted by atomic mass is 16.5. The summed E-state index contributed by atoms with van der Waals surface area (Å²) in [4.78, 5) is 30.2. The maximum Gasteiger partial charge on any atom is 0.176 e. The lowest BCUT2D eigenvalue weighted by atomic mass is 9.35. The van der Waals surface area contributed by atoms with Gasteiger partial charge in [-0.1, -0.05) is 53.2 Å². The van der Waals surface area contributed by atoms with Crippen molar-refractivity contribution in [1.29, 1.82) is 5.26 Å². The van der Waals surface area contributed by atoms with Crippen LogP contribution in [0.2, 0.25) is 0 Å². The van der Waals surface area contributed by atoms with Gasteiger partial charge in [0.15, 0.2) is 11.6 Å². The summed E-state index contributed by atoms with van der Waals surface area (Å²) >= 11 is 0. The molecule has 0 N–H and O–H groups in total. The predicted molar refractivity (Wildman–Crippen MR) is 152 cm³/mol. The number of allylic oxidation sites excluding steroid dienone is 4. The van der Waals surface area contributed by atoms with Gasteiger partial charge in [-0.05, 0) is 84.5 Å². The van der Waals surface area contributed by atoms with Gasteiger partial charge in [0.25, 0.3) is 0 Å². The number of carbonyl (C=O) groups excluding carboxylic acids is 2. The Morgan fingerprint density at radius 1 is 1.00 bits per heavy atom. The third kappa shape index (κ3) is 3.76. The Kier molecular flexibility index (Phi) is 6.23. The van der Waals surface area contributed by atoms with E-state index in [4.69, 9.17) is 4.74 Å². The highest BCUT2D eigenvalue weighted by Gasteiger charge is 2.69. The average Bonchev–Trinajstić information content (AvgIpc) is 2.89. The Hall–Kier alpha value is -1.77. The number of fused-ring (bicyclic) bond motifs is 7. The van der Waals surface area contributed by atoms with Crippen molar-refractivity contribution in [1.82, 2.24) is 4.90 Å². The first-order chi connectivity index (χ1) is 18.3. The normalized spacial score (nSPS) is 47.5. The summed E-state index contributed by atoms with van der Waals surface area (Å²) in [7, 11) is 0. The van der Waals surface area contributed by atoms with Crippen LogP contribution in [0, 0.1) is 62.1 Å². The molecule has 0 bridgehead atoms. The highest BCUT2D eigenvalue weighted by molar-refractivity contribution is 6.02. The van der Waals surface area contributed by atoms with Gasteiger partial charge in [-0.25, -0.2) is 0 Å². The number of nitriles is 1. The van der Waals surface area contributed by atoms with Crippen LogP contribution < -0.4 is 0 Å². The van der Waals surface area contributed by atoms with Gasteiger partial charge in [0.05, 0.1) is 18.8 Å². The molecule has 39 heavy (non-hydrogen) atoms. The summed E-state index contributed by atoms with van der Waals surface area (Å²) in [5, 5.41) is 9.84. The number of carbonyl (C=O) groups is 2. The van der Waals surface area contributed by atoms with Crippen LogP contribution in [-0.4, -0.2) is 49.3 Å². The molecule has 4 fully saturated rings. The molecule has 8 atom stereocenters. The minimum absolute atomic E-state index is 0.0228. The van der Waals surface area contributed by atoms with Crippen molar-refractivity contribution in [3.63, 3.8) is 0 Å². The molecule has 0 aromatic carbocycles. The monoisotopic (exact) mass is 532 g/mol. The Morgan fingerprint density at radius 3 is 2.38 bits per heavy atom. The fourth-order valence-electron chi connectivity index (χ4n) is 10.8. The van der Waals surface area contributed by atoms with E-state index in [9.17, 15) is 14.9 Å². The smallest absolute Gasteiger partial charge is 0.176 e. The average molecular weight is 533 g/mol. The van der Waals surface area contributed by atoms with Crippen molar-refractivity contribution in [3.8, 4) is 6.07 Å². The second kappa shape index (κ2) is 8.86. The summed E-state index contributed by atoms with van der Waals surface area (Å²) in [6, 6.07) is 2.20. The Labute approximate surface area is 235 Å². The van der Waals surface area contributed by atoms with Crippen LogP contribution in [0.4, 0.5) is 0 Å². The van der Waals surface area contributed by atoms with Crippen LogP contribution in [0.15, 0.2) is 23.3 Å². The maximum atomic E-state index is 14.6. The first kappa shape index (κ1) is 27.4.